The van der Waals surface area contributed by atoms with Crippen LogP contribution in [0.15, 0.2) is 48.5 Å². The van der Waals surface area contributed by atoms with Gasteiger partial charge >= 0.3 is 12.8 Å². The third kappa shape index (κ3) is 7.94. The van der Waals surface area contributed by atoms with E-state index in [1.54, 1.807) is 0 Å². The molecule has 6 rings (SSSR count). The molecular weight excluding hydrogens is 628 g/mol. The number of rotatable bonds is 14. The van der Waals surface area contributed by atoms with Gasteiger partial charge in [0.2, 0.25) is 0 Å². The molecule has 2 aromatic carbocycles. The minimum absolute atomic E-state index is 0.0880. The van der Waals surface area contributed by atoms with Crippen LogP contribution in [0.1, 0.15) is 60.1 Å². The summed E-state index contributed by atoms with van der Waals surface area (Å²) in [4.78, 5) is 17.5. The minimum atomic E-state index is -4.82. The highest BCUT2D eigenvalue weighted by molar-refractivity contribution is 5.95. The van der Waals surface area contributed by atoms with Crippen LogP contribution in [0, 0.1) is 17.7 Å². The first-order valence-electron chi connectivity index (χ1n) is 15.6. The predicted molar refractivity (Wildman–Crippen MR) is 160 cm³/mol. The van der Waals surface area contributed by atoms with Crippen molar-refractivity contribution >= 4 is 5.91 Å². The molecule has 0 bridgehead atoms. The monoisotopic (exact) mass is 663 g/mol. The van der Waals surface area contributed by atoms with Crippen molar-refractivity contribution in [3.05, 3.63) is 71.2 Å². The summed E-state index contributed by atoms with van der Waals surface area (Å²) in [7, 11) is 0. The molecule has 252 valence electrons. The van der Waals surface area contributed by atoms with Crippen LogP contribution in [0.2, 0.25) is 0 Å². The molecule has 0 radical (unpaired) electrons. The van der Waals surface area contributed by atoms with E-state index in [0.29, 0.717) is 29.3 Å². The fourth-order valence-electron chi connectivity index (χ4n) is 5.59. The van der Waals surface area contributed by atoms with Gasteiger partial charge in [0.05, 0.1) is 18.9 Å². The summed E-state index contributed by atoms with van der Waals surface area (Å²) in [6, 6.07) is 10.1. The molecule has 3 aromatic rings. The van der Waals surface area contributed by atoms with E-state index in [4.69, 9.17) is 9.47 Å². The van der Waals surface area contributed by atoms with Crippen LogP contribution in [0.5, 0.6) is 17.2 Å². The second-order valence-electron chi connectivity index (χ2n) is 12.8. The third-order valence-corrected chi connectivity index (χ3v) is 8.75. The van der Waals surface area contributed by atoms with Crippen LogP contribution in [0.4, 0.5) is 26.3 Å². The van der Waals surface area contributed by atoms with Crippen molar-refractivity contribution in [2.45, 2.75) is 56.7 Å². The summed E-state index contributed by atoms with van der Waals surface area (Å²) >= 11 is 0. The molecule has 2 N–H and O–H groups in total. The number of fused-ring (bicyclic) bond motifs is 1. The number of nitrogens with one attached hydrogen (secondary N) is 2. The van der Waals surface area contributed by atoms with Crippen molar-refractivity contribution in [3.63, 3.8) is 0 Å². The maximum Gasteiger partial charge on any atom is 0.398 e. The summed E-state index contributed by atoms with van der Waals surface area (Å²) in [6.07, 6.45) is -0.692. The highest BCUT2D eigenvalue weighted by Crippen LogP contribution is 2.47. The zero-order valence-corrected chi connectivity index (χ0v) is 25.6. The maximum absolute atomic E-state index is 14.7. The van der Waals surface area contributed by atoms with Crippen LogP contribution in [-0.4, -0.2) is 56.5 Å². The Morgan fingerprint density at radius 3 is 2.43 bits per heavy atom. The van der Waals surface area contributed by atoms with Gasteiger partial charge < -0.3 is 24.8 Å². The van der Waals surface area contributed by atoms with Gasteiger partial charge in [0.1, 0.15) is 23.2 Å². The molecule has 2 heterocycles. The SMILES string of the molecule is C[C@]1(CNCC2CC2)COc2c1cc([C@@H](CNC(=O)c1ccc(OC(F)F)c(OCC3CC3)c1)C(F)(F)F)nc2-c1ccc(F)cc1. The Balaban J connectivity index is 1.28. The molecule has 0 spiro atoms. The third-order valence-electron chi connectivity index (χ3n) is 8.75. The van der Waals surface area contributed by atoms with E-state index in [2.05, 4.69) is 20.4 Å². The Hall–Kier alpha value is -4.00. The van der Waals surface area contributed by atoms with Crippen molar-refractivity contribution in [2.24, 2.45) is 11.8 Å². The van der Waals surface area contributed by atoms with E-state index in [1.807, 2.05) is 6.92 Å². The molecule has 0 unspecified atom stereocenters. The highest BCUT2D eigenvalue weighted by Gasteiger charge is 2.45. The molecule has 2 atom stereocenters. The number of alkyl halides is 5. The number of nitrogens with zero attached hydrogens (tertiary/aromatic N) is 1. The standard InChI is InChI=1S/C34H35F6N3O4/c1-33(17-41-14-19-2-3-19)18-46-30-24(33)13-26(43-29(30)21-6-9-23(35)10-7-21)25(34(38,39)40)15-42-31(44)22-8-11-27(47-32(36)37)28(12-22)45-16-20-4-5-20/h6-13,19-20,25,32,41H,2-5,14-18H2,1H3,(H,42,44)/t25-,33+/m1/s1. The summed E-state index contributed by atoms with van der Waals surface area (Å²) in [5, 5.41) is 5.76. The number of carbonyl (C=O) groups is 1. The molecule has 2 saturated carbocycles. The highest BCUT2D eigenvalue weighted by atomic mass is 19.4. The van der Waals surface area contributed by atoms with Crippen molar-refractivity contribution in [3.8, 4) is 28.5 Å². The van der Waals surface area contributed by atoms with Gasteiger partial charge in [0.15, 0.2) is 11.5 Å². The number of halogens is 6. The lowest BCUT2D eigenvalue weighted by Gasteiger charge is -2.26. The summed E-state index contributed by atoms with van der Waals surface area (Å²) in [5.74, 6) is -2.78. The van der Waals surface area contributed by atoms with Crippen molar-refractivity contribution < 1.29 is 45.3 Å². The second kappa shape index (κ2) is 13.2. The van der Waals surface area contributed by atoms with Gasteiger partial charge in [-0.15, -0.1) is 0 Å². The molecule has 1 aliphatic heterocycles. The van der Waals surface area contributed by atoms with E-state index in [-0.39, 0.29) is 47.6 Å². The zero-order valence-electron chi connectivity index (χ0n) is 25.6. The van der Waals surface area contributed by atoms with E-state index < -0.39 is 42.4 Å². The number of benzene rings is 2. The van der Waals surface area contributed by atoms with Gasteiger partial charge in [-0.3, -0.25) is 4.79 Å². The largest absolute Gasteiger partial charge is 0.490 e. The molecule has 7 nitrogen and oxygen atoms in total. The molecule has 3 aliphatic rings. The molecular formula is C34H35F6N3O4. The van der Waals surface area contributed by atoms with Crippen molar-refractivity contribution in [1.82, 2.24) is 15.6 Å². The first kappa shape index (κ1) is 32.9. The van der Waals surface area contributed by atoms with Crippen LogP contribution < -0.4 is 24.8 Å². The number of amides is 1. The van der Waals surface area contributed by atoms with Gasteiger partial charge in [-0.25, -0.2) is 9.37 Å². The molecule has 1 aromatic heterocycles. The van der Waals surface area contributed by atoms with E-state index in [1.165, 1.54) is 42.5 Å². The Morgan fingerprint density at radius 1 is 1.04 bits per heavy atom. The smallest absolute Gasteiger partial charge is 0.398 e. The first-order valence-corrected chi connectivity index (χ1v) is 15.6. The van der Waals surface area contributed by atoms with Crippen molar-refractivity contribution in [2.75, 3.05) is 32.8 Å². The Bertz CT molecular complexity index is 1590. The lowest BCUT2D eigenvalue weighted by Crippen LogP contribution is -2.38. The number of carbonyl (C=O) groups excluding carboxylic acids is 1. The fourth-order valence-corrected chi connectivity index (χ4v) is 5.59. The summed E-state index contributed by atoms with van der Waals surface area (Å²) in [6.45, 7) is -0.372. The van der Waals surface area contributed by atoms with E-state index in [0.717, 1.165) is 38.3 Å². The lowest BCUT2D eigenvalue weighted by molar-refractivity contribution is -0.149. The molecule has 0 saturated heterocycles. The van der Waals surface area contributed by atoms with Gasteiger partial charge in [0.25, 0.3) is 5.91 Å². The maximum atomic E-state index is 14.7. The average molecular weight is 664 g/mol. The quantitative estimate of drug-likeness (QED) is 0.181. The molecule has 47 heavy (non-hydrogen) atoms. The number of pyridine rings is 1. The molecule has 1 amide bonds. The fraction of sp³-hybridized carbons (Fsp3) is 0.471. The first-order chi connectivity index (χ1) is 22.4. The van der Waals surface area contributed by atoms with Crippen LogP contribution in [0.25, 0.3) is 11.3 Å². The average Bonchev–Trinajstić information content (AvgIpc) is 3.96. The normalized spacial score (nSPS) is 19.7. The van der Waals surface area contributed by atoms with E-state index in [9.17, 15) is 31.1 Å². The second-order valence-corrected chi connectivity index (χ2v) is 12.8. The minimum Gasteiger partial charge on any atom is -0.490 e. The Labute approximate surface area is 268 Å². The van der Waals surface area contributed by atoms with Gasteiger partial charge in [-0.05, 0) is 92.6 Å². The van der Waals surface area contributed by atoms with Gasteiger partial charge in [-0.1, -0.05) is 6.92 Å². The topological polar surface area (TPSA) is 81.7 Å². The van der Waals surface area contributed by atoms with Crippen LogP contribution >= 0.6 is 0 Å². The van der Waals surface area contributed by atoms with Gasteiger partial charge in [0, 0.05) is 35.2 Å². The number of hydrogen-bond acceptors (Lipinski definition) is 6. The summed E-state index contributed by atoms with van der Waals surface area (Å²) < 4.78 is 99.9. The Morgan fingerprint density at radius 2 is 1.77 bits per heavy atom. The summed E-state index contributed by atoms with van der Waals surface area (Å²) in [5.41, 5.74) is -0.0168. The lowest BCUT2D eigenvalue weighted by atomic mass is 9.82. The van der Waals surface area contributed by atoms with Crippen LogP contribution in [0.3, 0.4) is 0 Å². The molecule has 13 heteroatoms. The predicted octanol–water partition coefficient (Wildman–Crippen LogP) is 7.00. The Kier molecular flexibility index (Phi) is 9.28. The number of ether oxygens (including phenoxy) is 3. The number of hydrogen-bond donors (Lipinski definition) is 2. The molecule has 2 fully saturated rings. The number of aromatic nitrogens is 1. The van der Waals surface area contributed by atoms with E-state index >= 15 is 0 Å². The van der Waals surface area contributed by atoms with Crippen LogP contribution in [-0.2, 0) is 5.41 Å². The zero-order chi connectivity index (χ0) is 33.3. The molecule has 2 aliphatic carbocycles. The van der Waals surface area contributed by atoms with Crippen molar-refractivity contribution in [1.29, 1.82) is 0 Å². The van der Waals surface area contributed by atoms with Gasteiger partial charge in [-0.2, -0.15) is 22.0 Å².